The van der Waals surface area contributed by atoms with E-state index in [0.29, 0.717) is 18.1 Å². The van der Waals surface area contributed by atoms with E-state index in [1.54, 1.807) is 25.3 Å². The maximum atomic E-state index is 11.9. The normalized spacial score (nSPS) is 10.7. The van der Waals surface area contributed by atoms with Crippen LogP contribution in [0, 0.1) is 6.92 Å². The smallest absolute Gasteiger partial charge is 0.291 e. The molecule has 0 fully saturated rings. The molecule has 0 saturated heterocycles. The molecular formula is C20H20N4O3. The molecule has 0 atom stereocenters. The van der Waals surface area contributed by atoms with E-state index in [0.717, 1.165) is 16.8 Å². The van der Waals surface area contributed by atoms with Gasteiger partial charge in [0.2, 0.25) is 0 Å². The summed E-state index contributed by atoms with van der Waals surface area (Å²) in [5.74, 6) is 0.836. The Morgan fingerprint density at radius 3 is 2.70 bits per heavy atom. The summed E-state index contributed by atoms with van der Waals surface area (Å²) in [6.07, 6.45) is 1.53. The largest absolute Gasteiger partial charge is 0.493 e. The summed E-state index contributed by atoms with van der Waals surface area (Å²) in [5, 5.41) is 10.6. The van der Waals surface area contributed by atoms with Gasteiger partial charge >= 0.3 is 0 Å². The number of aromatic amines is 1. The van der Waals surface area contributed by atoms with E-state index < -0.39 is 0 Å². The highest BCUT2D eigenvalue weighted by Crippen LogP contribution is 2.28. The number of nitrogens with zero attached hydrogens (tertiary/aromatic N) is 2. The average molecular weight is 364 g/mol. The van der Waals surface area contributed by atoms with Crippen molar-refractivity contribution in [1.29, 1.82) is 0 Å². The molecule has 27 heavy (non-hydrogen) atoms. The number of methoxy groups -OCH3 is 1. The van der Waals surface area contributed by atoms with Gasteiger partial charge in [-0.3, -0.25) is 9.89 Å². The van der Waals surface area contributed by atoms with Gasteiger partial charge in [0.25, 0.3) is 5.91 Å². The molecule has 1 heterocycles. The molecule has 0 aliphatic rings. The monoisotopic (exact) mass is 364 g/mol. The third kappa shape index (κ3) is 4.94. The summed E-state index contributed by atoms with van der Waals surface area (Å²) < 4.78 is 11.2. The number of benzene rings is 2. The minimum Gasteiger partial charge on any atom is -0.493 e. The zero-order chi connectivity index (χ0) is 19.1. The number of ether oxygens (including phenoxy) is 2. The predicted octanol–water partition coefficient (Wildman–Crippen LogP) is 3.07. The van der Waals surface area contributed by atoms with Gasteiger partial charge in [-0.15, -0.1) is 0 Å². The second kappa shape index (κ2) is 8.66. The molecular weight excluding hydrogens is 344 g/mol. The summed E-state index contributed by atoms with van der Waals surface area (Å²) in [4.78, 5) is 11.9. The van der Waals surface area contributed by atoms with Crippen molar-refractivity contribution in [2.24, 2.45) is 5.10 Å². The number of aromatic nitrogens is 2. The van der Waals surface area contributed by atoms with Crippen molar-refractivity contribution >= 4 is 12.1 Å². The summed E-state index contributed by atoms with van der Waals surface area (Å²) in [7, 11) is 1.59. The van der Waals surface area contributed by atoms with Gasteiger partial charge in [0, 0.05) is 5.69 Å². The maximum absolute atomic E-state index is 11.9. The number of aryl methyl sites for hydroxylation is 1. The molecule has 0 aliphatic carbocycles. The van der Waals surface area contributed by atoms with Gasteiger partial charge in [0.15, 0.2) is 17.2 Å². The lowest BCUT2D eigenvalue weighted by Crippen LogP contribution is -2.18. The minimum atomic E-state index is -0.385. The molecule has 2 N–H and O–H groups in total. The van der Waals surface area contributed by atoms with Crippen molar-refractivity contribution < 1.29 is 14.3 Å². The van der Waals surface area contributed by atoms with Crippen molar-refractivity contribution in [1.82, 2.24) is 15.6 Å². The number of hydrogen-bond donors (Lipinski definition) is 2. The Labute approximate surface area is 157 Å². The fraction of sp³-hybridized carbons (Fsp3) is 0.150. The number of carbonyl (C=O) groups is 1. The first-order valence-electron chi connectivity index (χ1n) is 8.36. The fourth-order valence-electron chi connectivity index (χ4n) is 2.38. The molecule has 7 nitrogen and oxygen atoms in total. The van der Waals surface area contributed by atoms with Crippen molar-refractivity contribution in [3.05, 3.63) is 77.1 Å². The second-order valence-corrected chi connectivity index (χ2v) is 5.82. The van der Waals surface area contributed by atoms with Crippen molar-refractivity contribution in [3.8, 4) is 11.5 Å². The van der Waals surface area contributed by atoms with Crippen LogP contribution in [0.5, 0.6) is 11.5 Å². The highest BCUT2D eigenvalue weighted by molar-refractivity contribution is 5.93. The predicted molar refractivity (Wildman–Crippen MR) is 102 cm³/mol. The molecule has 2 aromatic carbocycles. The van der Waals surface area contributed by atoms with Crippen LogP contribution in [-0.4, -0.2) is 29.4 Å². The maximum Gasteiger partial charge on any atom is 0.291 e. The van der Waals surface area contributed by atoms with Gasteiger partial charge in [0.1, 0.15) is 6.61 Å². The van der Waals surface area contributed by atoms with E-state index in [1.165, 1.54) is 6.21 Å². The van der Waals surface area contributed by atoms with Crippen LogP contribution in [0.25, 0.3) is 0 Å². The SMILES string of the molecule is COc1ccc(C=NNC(=O)c2cc(C)[nH]n2)cc1OCc1ccccc1. The number of hydrazone groups is 1. The number of H-pyrrole nitrogens is 1. The fourth-order valence-corrected chi connectivity index (χ4v) is 2.38. The van der Waals surface area contributed by atoms with Crippen LogP contribution in [0.1, 0.15) is 27.3 Å². The van der Waals surface area contributed by atoms with Crippen LogP contribution in [-0.2, 0) is 6.61 Å². The Morgan fingerprint density at radius 1 is 1.19 bits per heavy atom. The first-order chi connectivity index (χ1) is 13.2. The van der Waals surface area contributed by atoms with Gasteiger partial charge in [-0.05, 0) is 42.3 Å². The number of nitrogens with one attached hydrogen (secondary N) is 2. The van der Waals surface area contributed by atoms with E-state index in [2.05, 4.69) is 20.7 Å². The molecule has 0 saturated carbocycles. The van der Waals surface area contributed by atoms with Gasteiger partial charge < -0.3 is 9.47 Å². The van der Waals surface area contributed by atoms with Gasteiger partial charge in [-0.2, -0.15) is 10.2 Å². The summed E-state index contributed by atoms with van der Waals surface area (Å²) in [6, 6.07) is 16.9. The lowest BCUT2D eigenvalue weighted by Gasteiger charge is -2.11. The Morgan fingerprint density at radius 2 is 2.00 bits per heavy atom. The number of amides is 1. The van der Waals surface area contributed by atoms with E-state index in [9.17, 15) is 4.79 Å². The van der Waals surface area contributed by atoms with Gasteiger partial charge in [0.05, 0.1) is 13.3 Å². The Kier molecular flexibility index (Phi) is 5.84. The molecule has 3 aromatic rings. The summed E-state index contributed by atoms with van der Waals surface area (Å²) >= 11 is 0. The highest BCUT2D eigenvalue weighted by atomic mass is 16.5. The van der Waals surface area contributed by atoms with E-state index >= 15 is 0 Å². The Balaban J connectivity index is 1.66. The molecule has 0 aliphatic heterocycles. The highest BCUT2D eigenvalue weighted by Gasteiger charge is 2.08. The molecule has 0 spiro atoms. The Hall–Kier alpha value is -3.61. The van der Waals surface area contributed by atoms with Crippen LogP contribution < -0.4 is 14.9 Å². The Bertz CT molecular complexity index is 935. The molecule has 1 aromatic heterocycles. The topological polar surface area (TPSA) is 88.6 Å². The van der Waals surface area contributed by atoms with Crippen molar-refractivity contribution in [2.75, 3.05) is 7.11 Å². The third-order valence-corrected chi connectivity index (χ3v) is 3.74. The summed E-state index contributed by atoms with van der Waals surface area (Å²) in [6.45, 7) is 2.24. The lowest BCUT2D eigenvalue weighted by molar-refractivity contribution is 0.0950. The molecule has 7 heteroatoms. The molecule has 0 bridgehead atoms. The van der Waals surface area contributed by atoms with E-state index in [4.69, 9.17) is 9.47 Å². The van der Waals surface area contributed by atoms with Crippen LogP contribution in [0.15, 0.2) is 59.7 Å². The van der Waals surface area contributed by atoms with E-state index in [-0.39, 0.29) is 11.6 Å². The van der Waals surface area contributed by atoms with Gasteiger partial charge in [-0.1, -0.05) is 30.3 Å². The second-order valence-electron chi connectivity index (χ2n) is 5.82. The van der Waals surface area contributed by atoms with Crippen LogP contribution in [0.4, 0.5) is 0 Å². The molecule has 138 valence electrons. The summed E-state index contributed by atoms with van der Waals surface area (Å²) in [5.41, 5.74) is 5.35. The van der Waals surface area contributed by atoms with Gasteiger partial charge in [-0.25, -0.2) is 5.43 Å². The lowest BCUT2D eigenvalue weighted by atomic mass is 10.2. The molecule has 3 rings (SSSR count). The average Bonchev–Trinajstić information content (AvgIpc) is 3.14. The van der Waals surface area contributed by atoms with Crippen LogP contribution in [0.2, 0.25) is 0 Å². The quantitative estimate of drug-likeness (QED) is 0.498. The van der Waals surface area contributed by atoms with Crippen molar-refractivity contribution in [2.45, 2.75) is 13.5 Å². The zero-order valence-electron chi connectivity index (χ0n) is 15.1. The number of rotatable bonds is 7. The van der Waals surface area contributed by atoms with Crippen molar-refractivity contribution in [3.63, 3.8) is 0 Å². The molecule has 1 amide bonds. The van der Waals surface area contributed by atoms with Crippen LogP contribution in [0.3, 0.4) is 0 Å². The first-order valence-corrected chi connectivity index (χ1v) is 8.36. The first kappa shape index (κ1) is 18.2. The number of carbonyl (C=O) groups excluding carboxylic acids is 1. The standard InChI is InChI=1S/C20H20N4O3/c1-14-10-17(23-22-14)20(25)24-21-12-16-8-9-18(26-2)19(11-16)27-13-15-6-4-3-5-7-15/h3-12H,13H2,1-2H3,(H,22,23)(H,24,25). The minimum absolute atomic E-state index is 0.284. The molecule has 0 radical (unpaired) electrons. The molecule has 0 unspecified atom stereocenters. The third-order valence-electron chi connectivity index (χ3n) is 3.74. The van der Waals surface area contributed by atoms with E-state index in [1.807, 2.05) is 43.3 Å². The van der Waals surface area contributed by atoms with Crippen LogP contribution >= 0.6 is 0 Å². The number of hydrogen-bond acceptors (Lipinski definition) is 5. The zero-order valence-corrected chi connectivity index (χ0v) is 15.1.